The molecule has 5 nitrogen and oxygen atoms in total. The van der Waals surface area contributed by atoms with Gasteiger partial charge in [0.1, 0.15) is 0 Å². The first-order valence-electron chi connectivity index (χ1n) is 7.50. The number of hydrogen-bond donors (Lipinski definition) is 3. The quantitative estimate of drug-likeness (QED) is 0.702. The maximum absolute atomic E-state index is 12.0. The molecule has 0 fully saturated rings. The van der Waals surface area contributed by atoms with Crippen molar-refractivity contribution in [3.8, 4) is 0 Å². The minimum absolute atomic E-state index is 0. The zero-order chi connectivity index (χ0) is 16.3. The molecule has 0 heterocycles. The van der Waals surface area contributed by atoms with Crippen molar-refractivity contribution in [1.29, 1.82) is 0 Å². The van der Waals surface area contributed by atoms with Crippen LogP contribution in [0.5, 0.6) is 0 Å². The first kappa shape index (κ1) is 19.9. The lowest BCUT2D eigenvalue weighted by Gasteiger charge is -2.17. The number of hydrogen-bond acceptors (Lipinski definition) is 3. The molecule has 0 saturated heterocycles. The average Bonchev–Trinajstić information content (AvgIpc) is 2.88. The summed E-state index contributed by atoms with van der Waals surface area (Å²) in [6.45, 7) is 3.70. The van der Waals surface area contributed by atoms with Crippen LogP contribution in [0.3, 0.4) is 0 Å². The lowest BCUT2D eigenvalue weighted by Crippen LogP contribution is -2.47. The van der Waals surface area contributed by atoms with E-state index >= 15 is 0 Å². The molecule has 1 aliphatic rings. The maximum Gasteiger partial charge on any atom is 0.239 e. The molecule has 0 saturated carbocycles. The Labute approximate surface area is 151 Å². The van der Waals surface area contributed by atoms with E-state index in [1.54, 1.807) is 0 Å². The highest BCUT2D eigenvalue weighted by molar-refractivity contribution is 9.10. The molecule has 0 aliphatic heterocycles. The van der Waals surface area contributed by atoms with Gasteiger partial charge in [0.05, 0.1) is 18.6 Å². The molecule has 2 atom stereocenters. The number of rotatable bonds is 5. The Kier molecular flexibility index (Phi) is 7.51. The van der Waals surface area contributed by atoms with Crippen LogP contribution < -0.4 is 16.4 Å². The van der Waals surface area contributed by atoms with E-state index in [1.807, 2.05) is 32.0 Å². The molecule has 1 aromatic rings. The van der Waals surface area contributed by atoms with Crippen LogP contribution >= 0.6 is 28.3 Å². The molecule has 0 aromatic heterocycles. The number of amides is 2. The number of nitrogens with two attached hydrogens (primary N) is 1. The molecule has 128 valence electrons. The predicted molar refractivity (Wildman–Crippen MR) is 96.4 cm³/mol. The van der Waals surface area contributed by atoms with E-state index in [0.717, 1.165) is 22.9 Å². The van der Waals surface area contributed by atoms with E-state index in [1.165, 1.54) is 5.56 Å². The van der Waals surface area contributed by atoms with Crippen LogP contribution in [0.1, 0.15) is 37.4 Å². The summed E-state index contributed by atoms with van der Waals surface area (Å²) in [5.74, 6) is -0.441. The van der Waals surface area contributed by atoms with Crippen LogP contribution in [0.25, 0.3) is 0 Å². The summed E-state index contributed by atoms with van der Waals surface area (Å²) in [5.41, 5.74) is 8.14. The Balaban J connectivity index is 0.00000264. The van der Waals surface area contributed by atoms with Crippen molar-refractivity contribution < 1.29 is 9.59 Å². The fourth-order valence-electron chi connectivity index (χ4n) is 2.59. The molecule has 0 spiro atoms. The molecule has 1 aliphatic carbocycles. The minimum atomic E-state index is -0.587. The second kappa shape index (κ2) is 8.66. The third-order valence-corrected chi connectivity index (χ3v) is 4.74. The van der Waals surface area contributed by atoms with Crippen molar-refractivity contribution in [2.45, 2.75) is 38.8 Å². The lowest BCUT2D eigenvalue weighted by molar-refractivity contribution is -0.127. The van der Waals surface area contributed by atoms with Gasteiger partial charge < -0.3 is 16.4 Å². The van der Waals surface area contributed by atoms with Gasteiger partial charge in [-0.1, -0.05) is 41.9 Å². The average molecular weight is 405 g/mol. The molecule has 0 bridgehead atoms. The summed E-state index contributed by atoms with van der Waals surface area (Å²) in [4.78, 5) is 23.8. The van der Waals surface area contributed by atoms with Crippen molar-refractivity contribution in [3.05, 3.63) is 33.8 Å². The minimum Gasteiger partial charge on any atom is -0.348 e. The second-order valence-corrected chi connectivity index (χ2v) is 6.81. The van der Waals surface area contributed by atoms with Crippen LogP contribution in [0, 0.1) is 5.92 Å². The Morgan fingerprint density at radius 2 is 2.09 bits per heavy atom. The van der Waals surface area contributed by atoms with E-state index in [-0.39, 0.29) is 42.7 Å². The van der Waals surface area contributed by atoms with E-state index < -0.39 is 6.04 Å². The van der Waals surface area contributed by atoms with E-state index in [2.05, 4.69) is 26.6 Å². The van der Waals surface area contributed by atoms with Gasteiger partial charge in [0, 0.05) is 4.47 Å². The molecule has 4 N–H and O–H groups in total. The van der Waals surface area contributed by atoms with Crippen molar-refractivity contribution in [2.24, 2.45) is 11.7 Å². The molecule has 2 amide bonds. The maximum atomic E-state index is 12.0. The number of fused-ring (bicyclic) bond motifs is 1. The molecule has 23 heavy (non-hydrogen) atoms. The smallest absolute Gasteiger partial charge is 0.239 e. The standard InChI is InChI=1S/C16H22BrN3O2.ClH/c1-9(2)15(18)16(22)19-8-14(21)20-13-7-6-10-11(13)4-3-5-12(10)17;/h3-5,9,13,15H,6-8,18H2,1-2H3,(H,19,22)(H,20,21);1H/t13?,15-;/m0./s1. The van der Waals surface area contributed by atoms with Crippen LogP contribution in [0.15, 0.2) is 22.7 Å². The fourth-order valence-corrected chi connectivity index (χ4v) is 3.17. The Hall–Kier alpha value is -1.11. The third kappa shape index (κ3) is 4.93. The highest BCUT2D eigenvalue weighted by Gasteiger charge is 2.25. The summed E-state index contributed by atoms with van der Waals surface area (Å²) >= 11 is 3.54. The Bertz CT molecular complexity index is 580. The number of carbonyl (C=O) groups excluding carboxylic acids is 2. The van der Waals surface area contributed by atoms with Crippen molar-refractivity contribution in [2.75, 3.05) is 6.54 Å². The lowest BCUT2D eigenvalue weighted by atomic mass is 10.1. The van der Waals surface area contributed by atoms with Crippen LogP contribution in [0.2, 0.25) is 0 Å². The topological polar surface area (TPSA) is 84.2 Å². The molecular formula is C16H23BrClN3O2. The predicted octanol–water partition coefficient (Wildman–Crippen LogP) is 2.07. The first-order chi connectivity index (χ1) is 10.4. The van der Waals surface area contributed by atoms with Crippen molar-refractivity contribution in [3.63, 3.8) is 0 Å². The molecule has 7 heteroatoms. The number of nitrogens with one attached hydrogen (secondary N) is 2. The summed E-state index contributed by atoms with van der Waals surface area (Å²) in [6.07, 6.45) is 1.81. The highest BCUT2D eigenvalue weighted by Crippen LogP contribution is 2.35. The summed E-state index contributed by atoms with van der Waals surface area (Å²) in [5, 5.41) is 5.56. The van der Waals surface area contributed by atoms with Gasteiger partial charge in [0.15, 0.2) is 0 Å². The molecule has 0 radical (unpaired) electrons. The van der Waals surface area contributed by atoms with E-state index in [4.69, 9.17) is 5.73 Å². The fraction of sp³-hybridized carbons (Fsp3) is 0.500. The largest absolute Gasteiger partial charge is 0.348 e. The van der Waals surface area contributed by atoms with Crippen molar-refractivity contribution in [1.82, 2.24) is 10.6 Å². The van der Waals surface area contributed by atoms with E-state index in [9.17, 15) is 9.59 Å². The Morgan fingerprint density at radius 3 is 2.74 bits per heavy atom. The summed E-state index contributed by atoms with van der Waals surface area (Å²) in [6, 6.07) is 5.44. The number of benzene rings is 1. The van der Waals surface area contributed by atoms with Gasteiger partial charge in [-0.05, 0) is 36.0 Å². The molecule has 2 rings (SSSR count). The highest BCUT2D eigenvalue weighted by atomic mass is 79.9. The monoisotopic (exact) mass is 403 g/mol. The van der Waals surface area contributed by atoms with Gasteiger partial charge >= 0.3 is 0 Å². The summed E-state index contributed by atoms with van der Waals surface area (Å²) < 4.78 is 1.08. The normalized spacial score (nSPS) is 17.2. The second-order valence-electron chi connectivity index (χ2n) is 5.95. The van der Waals surface area contributed by atoms with E-state index in [0.29, 0.717) is 0 Å². The first-order valence-corrected chi connectivity index (χ1v) is 8.29. The van der Waals surface area contributed by atoms with Crippen molar-refractivity contribution >= 4 is 40.2 Å². The molecule has 1 aromatic carbocycles. The van der Waals surface area contributed by atoms with Gasteiger partial charge in [-0.2, -0.15) is 0 Å². The third-order valence-electron chi connectivity index (χ3n) is 3.99. The van der Waals surface area contributed by atoms with Crippen LogP contribution in [-0.2, 0) is 16.0 Å². The molecular weight excluding hydrogens is 382 g/mol. The molecule has 1 unspecified atom stereocenters. The number of carbonyl (C=O) groups is 2. The number of halogens is 2. The van der Waals surface area contributed by atoms with Crippen LogP contribution in [0.4, 0.5) is 0 Å². The zero-order valence-electron chi connectivity index (χ0n) is 13.3. The summed E-state index contributed by atoms with van der Waals surface area (Å²) in [7, 11) is 0. The SMILES string of the molecule is CC(C)[C@H](N)C(=O)NCC(=O)NC1CCc2c(Br)cccc21.Cl. The van der Waals surface area contributed by atoms with Gasteiger partial charge in [0.25, 0.3) is 0 Å². The van der Waals surface area contributed by atoms with Gasteiger partial charge in [-0.15, -0.1) is 12.4 Å². The van der Waals surface area contributed by atoms with Gasteiger partial charge in [-0.25, -0.2) is 0 Å². The zero-order valence-corrected chi connectivity index (χ0v) is 15.7. The van der Waals surface area contributed by atoms with Crippen LogP contribution in [-0.4, -0.2) is 24.4 Å². The Morgan fingerprint density at radius 1 is 1.39 bits per heavy atom. The van der Waals surface area contributed by atoms with Gasteiger partial charge in [0.2, 0.25) is 11.8 Å². The van der Waals surface area contributed by atoms with Gasteiger partial charge in [-0.3, -0.25) is 9.59 Å².